The van der Waals surface area contributed by atoms with Gasteiger partial charge in [0.2, 0.25) is 5.91 Å². The number of methoxy groups -OCH3 is 1. The van der Waals surface area contributed by atoms with Gasteiger partial charge in [0, 0.05) is 18.5 Å². The van der Waals surface area contributed by atoms with Gasteiger partial charge in [0.1, 0.15) is 5.75 Å². The van der Waals surface area contributed by atoms with Crippen molar-refractivity contribution in [2.24, 2.45) is 0 Å². The summed E-state index contributed by atoms with van der Waals surface area (Å²) in [5, 5.41) is 11.5. The molecule has 2 N–H and O–H groups in total. The molecule has 2 aromatic carbocycles. The lowest BCUT2D eigenvalue weighted by molar-refractivity contribution is -0.137. The largest absolute Gasteiger partial charge is 0.497 e. The van der Waals surface area contributed by atoms with Gasteiger partial charge in [-0.05, 0) is 48.2 Å². The summed E-state index contributed by atoms with van der Waals surface area (Å²) in [7, 11) is 1.62. The molecule has 0 radical (unpaired) electrons. The van der Waals surface area contributed by atoms with Crippen LogP contribution in [0.15, 0.2) is 48.5 Å². The molecule has 24 heavy (non-hydrogen) atoms. The molecule has 0 bridgehead atoms. The van der Waals surface area contributed by atoms with Crippen molar-refractivity contribution < 1.29 is 19.4 Å². The van der Waals surface area contributed by atoms with E-state index in [-0.39, 0.29) is 12.3 Å². The van der Waals surface area contributed by atoms with E-state index in [4.69, 9.17) is 9.84 Å². The quantitative estimate of drug-likeness (QED) is 0.780. The van der Waals surface area contributed by atoms with Gasteiger partial charge in [-0.2, -0.15) is 0 Å². The van der Waals surface area contributed by atoms with E-state index < -0.39 is 5.97 Å². The lowest BCUT2D eigenvalue weighted by Gasteiger charge is -2.07. The molecule has 0 unspecified atom stereocenters. The fourth-order valence-corrected chi connectivity index (χ4v) is 2.32. The third-order valence-corrected chi connectivity index (χ3v) is 3.64. The van der Waals surface area contributed by atoms with E-state index in [1.54, 1.807) is 19.2 Å². The molecule has 0 aliphatic carbocycles. The number of aryl methyl sites for hydroxylation is 2. The first-order chi connectivity index (χ1) is 11.6. The molecular weight excluding hydrogens is 306 g/mol. The Kier molecular flexibility index (Phi) is 6.37. The van der Waals surface area contributed by atoms with E-state index in [1.807, 2.05) is 36.4 Å². The number of hydrogen-bond acceptors (Lipinski definition) is 3. The van der Waals surface area contributed by atoms with Crippen LogP contribution in [0.2, 0.25) is 0 Å². The van der Waals surface area contributed by atoms with Crippen LogP contribution in [0, 0.1) is 0 Å². The Morgan fingerprint density at radius 2 is 1.71 bits per heavy atom. The number of carboxylic acids is 1. The summed E-state index contributed by atoms with van der Waals surface area (Å²) in [6.07, 6.45) is 1.61. The lowest BCUT2D eigenvalue weighted by Crippen LogP contribution is -2.12. The highest BCUT2D eigenvalue weighted by atomic mass is 16.5. The van der Waals surface area contributed by atoms with Crippen molar-refractivity contribution in [1.82, 2.24) is 0 Å². The Bertz CT molecular complexity index is 695. The fraction of sp³-hybridized carbons (Fsp3) is 0.263. The summed E-state index contributed by atoms with van der Waals surface area (Å²) in [6, 6.07) is 14.9. The van der Waals surface area contributed by atoms with Gasteiger partial charge in [-0.3, -0.25) is 9.59 Å². The predicted octanol–water partition coefficient (Wildman–Crippen LogP) is 3.28. The normalized spacial score (nSPS) is 10.2. The topological polar surface area (TPSA) is 75.6 Å². The molecule has 2 aromatic rings. The lowest BCUT2D eigenvalue weighted by atomic mass is 10.1. The molecule has 0 fully saturated rings. The molecule has 0 heterocycles. The van der Waals surface area contributed by atoms with E-state index in [0.717, 1.165) is 16.9 Å². The number of benzene rings is 2. The molecule has 0 spiro atoms. The summed E-state index contributed by atoms with van der Waals surface area (Å²) in [6.45, 7) is 0. The van der Waals surface area contributed by atoms with E-state index in [9.17, 15) is 9.59 Å². The summed E-state index contributed by atoms with van der Waals surface area (Å²) in [5.74, 6) is -0.0918. The van der Waals surface area contributed by atoms with Gasteiger partial charge in [0.25, 0.3) is 0 Å². The number of carbonyl (C=O) groups is 2. The Balaban J connectivity index is 1.82. The first kappa shape index (κ1) is 17.5. The van der Waals surface area contributed by atoms with Gasteiger partial charge in [-0.15, -0.1) is 0 Å². The molecule has 0 aromatic heterocycles. The molecule has 0 aliphatic rings. The second kappa shape index (κ2) is 8.72. The number of ether oxygens (including phenoxy) is 1. The Morgan fingerprint density at radius 3 is 2.38 bits per heavy atom. The van der Waals surface area contributed by atoms with E-state index in [2.05, 4.69) is 5.32 Å². The van der Waals surface area contributed by atoms with Gasteiger partial charge in [0.05, 0.1) is 7.11 Å². The third-order valence-electron chi connectivity index (χ3n) is 3.64. The number of nitrogens with one attached hydrogen (secondary N) is 1. The first-order valence-electron chi connectivity index (χ1n) is 7.80. The van der Waals surface area contributed by atoms with Crippen molar-refractivity contribution in [1.29, 1.82) is 0 Å². The number of rotatable bonds is 8. The summed E-state index contributed by atoms with van der Waals surface area (Å²) < 4.78 is 5.17. The van der Waals surface area contributed by atoms with Gasteiger partial charge >= 0.3 is 5.97 Å². The zero-order valence-electron chi connectivity index (χ0n) is 13.6. The maximum Gasteiger partial charge on any atom is 0.303 e. The smallest absolute Gasteiger partial charge is 0.303 e. The van der Waals surface area contributed by atoms with Crippen LogP contribution in [-0.4, -0.2) is 24.1 Å². The van der Waals surface area contributed by atoms with Crippen LogP contribution in [0.3, 0.4) is 0 Å². The Labute approximate surface area is 141 Å². The maximum absolute atomic E-state index is 12.0. The van der Waals surface area contributed by atoms with Gasteiger partial charge < -0.3 is 15.2 Å². The number of carbonyl (C=O) groups excluding carboxylic acids is 1. The van der Waals surface area contributed by atoms with Crippen molar-refractivity contribution in [3.63, 3.8) is 0 Å². The molecular formula is C19H21NO4. The van der Waals surface area contributed by atoms with Crippen LogP contribution in [-0.2, 0) is 22.4 Å². The maximum atomic E-state index is 12.0. The van der Waals surface area contributed by atoms with Crippen LogP contribution in [0.1, 0.15) is 24.0 Å². The second-order valence-electron chi connectivity index (χ2n) is 5.49. The summed E-state index contributed by atoms with van der Waals surface area (Å²) in [4.78, 5) is 22.6. The Morgan fingerprint density at radius 1 is 1.00 bits per heavy atom. The highest BCUT2D eigenvalue weighted by Gasteiger charge is 2.05. The molecule has 0 saturated heterocycles. The number of aliphatic carboxylic acids is 1. The second-order valence-corrected chi connectivity index (χ2v) is 5.49. The van der Waals surface area contributed by atoms with E-state index >= 15 is 0 Å². The number of anilines is 1. The van der Waals surface area contributed by atoms with Crippen molar-refractivity contribution in [2.45, 2.75) is 25.7 Å². The third kappa shape index (κ3) is 5.76. The molecule has 2 rings (SSSR count). The minimum Gasteiger partial charge on any atom is -0.497 e. The standard InChI is InChI=1S/C19H21NO4/c1-24-17-4-2-3-15(13-17)7-11-18(21)20-16-9-5-14(6-10-16)8-12-19(22)23/h2-6,9-10,13H,7-8,11-12H2,1H3,(H,20,21)(H,22,23). The van der Waals surface area contributed by atoms with Crippen molar-refractivity contribution >= 4 is 17.6 Å². The molecule has 1 amide bonds. The minimum atomic E-state index is -0.815. The molecule has 0 saturated carbocycles. The predicted molar refractivity (Wildman–Crippen MR) is 92.3 cm³/mol. The van der Waals surface area contributed by atoms with Gasteiger partial charge in [-0.25, -0.2) is 0 Å². The van der Waals surface area contributed by atoms with Crippen LogP contribution in [0.4, 0.5) is 5.69 Å². The number of amides is 1. The average Bonchev–Trinajstić information content (AvgIpc) is 2.59. The van der Waals surface area contributed by atoms with Crippen LogP contribution in [0.25, 0.3) is 0 Å². The van der Waals surface area contributed by atoms with Crippen molar-refractivity contribution in [3.05, 3.63) is 59.7 Å². The van der Waals surface area contributed by atoms with Crippen LogP contribution >= 0.6 is 0 Å². The molecule has 0 atom stereocenters. The van der Waals surface area contributed by atoms with Crippen LogP contribution < -0.4 is 10.1 Å². The van der Waals surface area contributed by atoms with Gasteiger partial charge in [-0.1, -0.05) is 24.3 Å². The zero-order valence-corrected chi connectivity index (χ0v) is 13.6. The van der Waals surface area contributed by atoms with Crippen LogP contribution in [0.5, 0.6) is 5.75 Å². The number of hydrogen-bond donors (Lipinski definition) is 2. The molecule has 126 valence electrons. The zero-order chi connectivity index (χ0) is 17.4. The Hall–Kier alpha value is -2.82. The molecule has 0 aliphatic heterocycles. The molecule has 5 heteroatoms. The minimum absolute atomic E-state index is 0.0592. The SMILES string of the molecule is COc1cccc(CCC(=O)Nc2ccc(CCC(=O)O)cc2)c1. The van der Waals surface area contributed by atoms with E-state index in [0.29, 0.717) is 24.9 Å². The highest BCUT2D eigenvalue weighted by molar-refractivity contribution is 5.90. The highest BCUT2D eigenvalue weighted by Crippen LogP contribution is 2.15. The summed E-state index contributed by atoms with van der Waals surface area (Å²) in [5.41, 5.74) is 2.70. The number of carboxylic acid groups (broad SMARTS) is 1. The summed E-state index contributed by atoms with van der Waals surface area (Å²) >= 11 is 0. The monoisotopic (exact) mass is 327 g/mol. The first-order valence-corrected chi connectivity index (χ1v) is 7.80. The molecule has 5 nitrogen and oxygen atoms in total. The van der Waals surface area contributed by atoms with E-state index in [1.165, 1.54) is 0 Å². The fourth-order valence-electron chi connectivity index (χ4n) is 2.32. The van der Waals surface area contributed by atoms with Gasteiger partial charge in [0.15, 0.2) is 0 Å². The van der Waals surface area contributed by atoms with Crippen molar-refractivity contribution in [2.75, 3.05) is 12.4 Å². The van der Waals surface area contributed by atoms with Crippen molar-refractivity contribution in [3.8, 4) is 5.75 Å². The average molecular weight is 327 g/mol.